The molecule has 0 fully saturated rings. The molecule has 18 heavy (non-hydrogen) atoms. The SMILES string of the molecule is Brc1ccccc1SCCNCCc1ccsc1. The quantitative estimate of drug-likeness (QED) is 0.590. The van der Waals surface area contributed by atoms with Gasteiger partial charge in [-0.15, -0.1) is 11.8 Å². The van der Waals surface area contributed by atoms with Crippen molar-refractivity contribution in [3.8, 4) is 0 Å². The van der Waals surface area contributed by atoms with E-state index in [0.29, 0.717) is 0 Å². The van der Waals surface area contributed by atoms with Gasteiger partial charge in [0.05, 0.1) is 0 Å². The van der Waals surface area contributed by atoms with E-state index >= 15 is 0 Å². The number of rotatable bonds is 7. The molecular weight excluding hydrogens is 326 g/mol. The first-order valence-corrected chi connectivity index (χ1v) is 8.67. The lowest BCUT2D eigenvalue weighted by atomic mass is 10.2. The molecule has 0 atom stereocenters. The van der Waals surface area contributed by atoms with Crippen molar-refractivity contribution in [1.82, 2.24) is 5.32 Å². The molecule has 0 aliphatic heterocycles. The smallest absolute Gasteiger partial charge is 0.0311 e. The van der Waals surface area contributed by atoms with Gasteiger partial charge in [-0.05, 0) is 63.4 Å². The minimum absolute atomic E-state index is 1.05. The zero-order valence-corrected chi connectivity index (χ0v) is 13.3. The van der Waals surface area contributed by atoms with Crippen molar-refractivity contribution in [1.29, 1.82) is 0 Å². The molecule has 0 unspecified atom stereocenters. The summed E-state index contributed by atoms with van der Waals surface area (Å²) < 4.78 is 1.19. The predicted octanol–water partition coefficient (Wildman–Crippen LogP) is 4.44. The van der Waals surface area contributed by atoms with Crippen LogP contribution in [0.2, 0.25) is 0 Å². The van der Waals surface area contributed by atoms with Crippen molar-refractivity contribution in [2.75, 3.05) is 18.8 Å². The van der Waals surface area contributed by atoms with Crippen LogP contribution in [0.1, 0.15) is 5.56 Å². The first kappa shape index (κ1) is 14.1. The summed E-state index contributed by atoms with van der Waals surface area (Å²) in [5.74, 6) is 1.10. The van der Waals surface area contributed by atoms with E-state index in [1.807, 2.05) is 17.8 Å². The van der Waals surface area contributed by atoms with E-state index in [1.165, 1.54) is 14.9 Å². The molecule has 0 amide bonds. The maximum atomic E-state index is 3.57. The fraction of sp³-hybridized carbons (Fsp3) is 0.286. The summed E-state index contributed by atoms with van der Waals surface area (Å²) in [6.07, 6.45) is 1.13. The lowest BCUT2D eigenvalue weighted by Crippen LogP contribution is -2.19. The standard InChI is InChI=1S/C14H16BrNS2/c15-13-3-1-2-4-14(13)18-10-8-16-7-5-12-6-9-17-11-12/h1-4,6,9,11,16H,5,7-8,10H2. The summed E-state index contributed by atoms with van der Waals surface area (Å²) in [6.45, 7) is 2.11. The number of thioether (sulfide) groups is 1. The summed E-state index contributed by atoms with van der Waals surface area (Å²) in [7, 11) is 0. The van der Waals surface area contributed by atoms with Crippen LogP contribution >= 0.6 is 39.0 Å². The minimum atomic E-state index is 1.05. The zero-order valence-electron chi connectivity index (χ0n) is 10.1. The number of halogens is 1. The van der Waals surface area contributed by atoms with Crippen molar-refractivity contribution >= 4 is 39.0 Å². The van der Waals surface area contributed by atoms with Gasteiger partial charge >= 0.3 is 0 Å². The average molecular weight is 342 g/mol. The molecule has 0 aliphatic carbocycles. The lowest BCUT2D eigenvalue weighted by Gasteiger charge is -2.05. The molecule has 1 aromatic carbocycles. The molecule has 2 rings (SSSR count). The maximum Gasteiger partial charge on any atom is 0.0311 e. The highest BCUT2D eigenvalue weighted by Gasteiger charge is 1.98. The Morgan fingerprint density at radius 2 is 2.06 bits per heavy atom. The van der Waals surface area contributed by atoms with Gasteiger partial charge in [-0.3, -0.25) is 0 Å². The van der Waals surface area contributed by atoms with E-state index in [4.69, 9.17) is 0 Å². The fourth-order valence-corrected chi connectivity index (χ4v) is 3.77. The summed E-state index contributed by atoms with van der Waals surface area (Å²) in [5, 5.41) is 7.84. The number of nitrogens with one attached hydrogen (secondary N) is 1. The third-order valence-electron chi connectivity index (χ3n) is 2.54. The molecule has 4 heteroatoms. The monoisotopic (exact) mass is 341 g/mol. The van der Waals surface area contributed by atoms with Gasteiger partial charge in [0, 0.05) is 21.7 Å². The zero-order chi connectivity index (χ0) is 12.6. The Balaban J connectivity index is 1.58. The number of hydrogen-bond acceptors (Lipinski definition) is 3. The Morgan fingerprint density at radius 3 is 2.83 bits per heavy atom. The molecule has 0 bridgehead atoms. The van der Waals surface area contributed by atoms with Crippen molar-refractivity contribution in [2.45, 2.75) is 11.3 Å². The van der Waals surface area contributed by atoms with Gasteiger partial charge in [0.25, 0.3) is 0 Å². The molecule has 0 spiro atoms. The molecule has 0 saturated carbocycles. The largest absolute Gasteiger partial charge is 0.316 e. The van der Waals surface area contributed by atoms with Crippen LogP contribution in [-0.4, -0.2) is 18.8 Å². The molecule has 0 saturated heterocycles. The van der Waals surface area contributed by atoms with Crippen LogP contribution in [0.25, 0.3) is 0 Å². The van der Waals surface area contributed by atoms with Crippen molar-refractivity contribution in [3.05, 3.63) is 51.1 Å². The van der Waals surface area contributed by atoms with Crippen LogP contribution in [0.3, 0.4) is 0 Å². The van der Waals surface area contributed by atoms with Crippen LogP contribution in [0.15, 0.2) is 50.5 Å². The molecule has 1 N–H and O–H groups in total. The maximum absolute atomic E-state index is 3.57. The summed E-state index contributed by atoms with van der Waals surface area (Å²) in [4.78, 5) is 1.32. The number of hydrogen-bond donors (Lipinski definition) is 1. The Labute approximate surface area is 125 Å². The molecule has 96 valence electrons. The highest BCUT2D eigenvalue weighted by Crippen LogP contribution is 2.26. The van der Waals surface area contributed by atoms with Gasteiger partial charge in [0.2, 0.25) is 0 Å². The fourth-order valence-electron chi connectivity index (χ4n) is 1.59. The van der Waals surface area contributed by atoms with Gasteiger partial charge < -0.3 is 5.32 Å². The topological polar surface area (TPSA) is 12.0 Å². The van der Waals surface area contributed by atoms with E-state index in [9.17, 15) is 0 Å². The highest BCUT2D eigenvalue weighted by molar-refractivity contribution is 9.10. The van der Waals surface area contributed by atoms with Crippen molar-refractivity contribution in [2.24, 2.45) is 0 Å². The van der Waals surface area contributed by atoms with Crippen molar-refractivity contribution in [3.63, 3.8) is 0 Å². The van der Waals surface area contributed by atoms with Gasteiger partial charge in [0.15, 0.2) is 0 Å². The average Bonchev–Trinajstić information content (AvgIpc) is 2.89. The Hall–Kier alpha value is -0.290. The molecular formula is C14H16BrNS2. The summed E-state index contributed by atoms with van der Waals surface area (Å²) >= 11 is 7.22. The summed E-state index contributed by atoms with van der Waals surface area (Å²) in [5.41, 5.74) is 1.44. The van der Waals surface area contributed by atoms with Crippen LogP contribution < -0.4 is 5.32 Å². The predicted molar refractivity (Wildman–Crippen MR) is 85.8 cm³/mol. The third kappa shape index (κ3) is 4.76. The second kappa shape index (κ2) is 8.00. The van der Waals surface area contributed by atoms with Gasteiger partial charge in [-0.2, -0.15) is 11.3 Å². The first-order chi connectivity index (χ1) is 8.86. The van der Waals surface area contributed by atoms with Gasteiger partial charge in [-0.25, -0.2) is 0 Å². The second-order valence-electron chi connectivity index (χ2n) is 3.91. The Bertz CT molecular complexity index is 457. The van der Waals surface area contributed by atoms with E-state index in [1.54, 1.807) is 11.3 Å². The molecule has 2 aromatic rings. The summed E-state index contributed by atoms with van der Waals surface area (Å²) in [6, 6.07) is 10.6. The highest BCUT2D eigenvalue weighted by atomic mass is 79.9. The second-order valence-corrected chi connectivity index (χ2v) is 6.68. The van der Waals surface area contributed by atoms with Crippen LogP contribution in [0, 0.1) is 0 Å². The van der Waals surface area contributed by atoms with E-state index in [2.05, 4.69) is 56.3 Å². The number of thiophene rings is 1. The van der Waals surface area contributed by atoms with Crippen LogP contribution in [0.5, 0.6) is 0 Å². The van der Waals surface area contributed by atoms with Crippen LogP contribution in [0.4, 0.5) is 0 Å². The van der Waals surface area contributed by atoms with E-state index in [0.717, 1.165) is 25.3 Å². The third-order valence-corrected chi connectivity index (χ3v) is 5.30. The van der Waals surface area contributed by atoms with Crippen molar-refractivity contribution < 1.29 is 0 Å². The normalized spacial score (nSPS) is 10.7. The van der Waals surface area contributed by atoms with Crippen LogP contribution in [-0.2, 0) is 6.42 Å². The molecule has 1 heterocycles. The first-order valence-electron chi connectivity index (χ1n) is 5.95. The Kier molecular flexibility index (Phi) is 6.28. The van der Waals surface area contributed by atoms with Gasteiger partial charge in [-0.1, -0.05) is 12.1 Å². The molecule has 1 nitrogen and oxygen atoms in total. The Morgan fingerprint density at radius 1 is 1.17 bits per heavy atom. The van der Waals surface area contributed by atoms with E-state index in [-0.39, 0.29) is 0 Å². The van der Waals surface area contributed by atoms with Gasteiger partial charge in [0.1, 0.15) is 0 Å². The number of benzene rings is 1. The lowest BCUT2D eigenvalue weighted by molar-refractivity contribution is 0.722. The van der Waals surface area contributed by atoms with E-state index < -0.39 is 0 Å². The minimum Gasteiger partial charge on any atom is -0.316 e. The molecule has 1 aromatic heterocycles. The molecule has 0 aliphatic rings. The molecule has 0 radical (unpaired) electrons.